The van der Waals surface area contributed by atoms with Crippen molar-refractivity contribution in [3.8, 4) is 5.88 Å². The molecule has 26 heavy (non-hydrogen) atoms. The van der Waals surface area contributed by atoms with E-state index in [1.54, 1.807) is 6.08 Å². The number of nitro benzene ring substituents is 1. The number of pyridine rings is 1. The Bertz CT molecular complexity index is 994. The summed E-state index contributed by atoms with van der Waals surface area (Å²) < 4.78 is 5.58. The van der Waals surface area contributed by atoms with Crippen molar-refractivity contribution in [2.45, 2.75) is 6.92 Å². The highest BCUT2D eigenvalue weighted by atomic mass is 16.6. The van der Waals surface area contributed by atoms with E-state index in [-0.39, 0.29) is 11.5 Å². The van der Waals surface area contributed by atoms with Gasteiger partial charge in [-0.15, -0.1) is 0 Å². The first-order chi connectivity index (χ1) is 12.6. The van der Waals surface area contributed by atoms with Crippen LogP contribution in [0.3, 0.4) is 0 Å². The van der Waals surface area contributed by atoms with Gasteiger partial charge in [0.2, 0.25) is 5.88 Å². The highest BCUT2D eigenvalue weighted by Gasteiger charge is 2.09. The van der Waals surface area contributed by atoms with Gasteiger partial charge >= 0.3 is 0 Å². The van der Waals surface area contributed by atoms with E-state index >= 15 is 0 Å². The number of nitro groups is 1. The molecule has 3 aromatic rings. The number of nitrogens with zero attached hydrogens (tertiary/aromatic N) is 2. The lowest BCUT2D eigenvalue weighted by Crippen LogP contribution is -1.98. The maximum atomic E-state index is 12.3. The van der Waals surface area contributed by atoms with Crippen molar-refractivity contribution in [1.29, 1.82) is 0 Å². The van der Waals surface area contributed by atoms with Crippen LogP contribution in [0.2, 0.25) is 0 Å². The average molecular weight is 348 g/mol. The predicted molar refractivity (Wildman–Crippen MR) is 99.4 cm³/mol. The van der Waals surface area contributed by atoms with E-state index in [0.717, 1.165) is 10.9 Å². The van der Waals surface area contributed by atoms with Gasteiger partial charge in [0.25, 0.3) is 5.69 Å². The average Bonchev–Trinajstić information content (AvgIpc) is 2.66. The van der Waals surface area contributed by atoms with Crippen LogP contribution in [0.25, 0.3) is 17.0 Å². The Balaban J connectivity index is 1.89. The number of rotatable bonds is 6. The molecule has 0 unspecified atom stereocenters. The van der Waals surface area contributed by atoms with Crippen molar-refractivity contribution in [1.82, 2.24) is 4.98 Å². The molecule has 0 radical (unpaired) electrons. The van der Waals surface area contributed by atoms with Crippen molar-refractivity contribution >= 4 is 28.4 Å². The van der Waals surface area contributed by atoms with Crippen LogP contribution in [0.5, 0.6) is 5.88 Å². The number of hydrogen-bond donors (Lipinski definition) is 0. The van der Waals surface area contributed by atoms with Crippen LogP contribution in [-0.2, 0) is 0 Å². The third kappa shape index (κ3) is 3.75. The summed E-state index contributed by atoms with van der Waals surface area (Å²) in [7, 11) is 0. The molecule has 0 fully saturated rings. The lowest BCUT2D eigenvalue weighted by atomic mass is 10.1. The fourth-order valence-corrected chi connectivity index (χ4v) is 2.50. The number of carbonyl (C=O) groups excluding carboxylic acids is 1. The number of ketones is 1. The molecule has 0 aliphatic rings. The smallest absolute Gasteiger partial charge is 0.269 e. The maximum absolute atomic E-state index is 12.3. The largest absolute Gasteiger partial charge is 0.478 e. The summed E-state index contributed by atoms with van der Waals surface area (Å²) in [5, 5.41) is 11.6. The second-order valence-corrected chi connectivity index (χ2v) is 5.51. The molecule has 1 heterocycles. The van der Waals surface area contributed by atoms with Crippen molar-refractivity contribution in [3.63, 3.8) is 0 Å². The zero-order chi connectivity index (χ0) is 18.5. The third-order valence-electron chi connectivity index (χ3n) is 3.77. The maximum Gasteiger partial charge on any atom is 0.269 e. The van der Waals surface area contributed by atoms with Crippen LogP contribution in [0.4, 0.5) is 5.69 Å². The Morgan fingerprint density at radius 3 is 2.62 bits per heavy atom. The first-order valence-corrected chi connectivity index (χ1v) is 8.08. The zero-order valence-electron chi connectivity index (χ0n) is 14.1. The zero-order valence-corrected chi connectivity index (χ0v) is 14.1. The van der Waals surface area contributed by atoms with Gasteiger partial charge in [-0.05, 0) is 43.3 Å². The van der Waals surface area contributed by atoms with E-state index in [2.05, 4.69) is 4.98 Å². The second-order valence-electron chi connectivity index (χ2n) is 5.51. The number of hydrogen-bond acceptors (Lipinski definition) is 5. The van der Waals surface area contributed by atoms with E-state index in [4.69, 9.17) is 4.74 Å². The molecule has 0 aliphatic carbocycles. The number of fused-ring (bicyclic) bond motifs is 1. The van der Waals surface area contributed by atoms with Crippen LogP contribution < -0.4 is 4.74 Å². The molecule has 0 saturated heterocycles. The van der Waals surface area contributed by atoms with Gasteiger partial charge in [0.05, 0.1) is 17.0 Å². The first-order valence-electron chi connectivity index (χ1n) is 8.08. The number of ether oxygens (including phenoxy) is 1. The summed E-state index contributed by atoms with van der Waals surface area (Å²) in [4.78, 5) is 27.0. The molecule has 0 atom stereocenters. The van der Waals surface area contributed by atoms with E-state index in [0.29, 0.717) is 23.6 Å². The summed E-state index contributed by atoms with van der Waals surface area (Å²) in [6.07, 6.45) is 3.06. The number of para-hydroxylation sites is 1. The van der Waals surface area contributed by atoms with Gasteiger partial charge in [0.15, 0.2) is 5.78 Å². The van der Waals surface area contributed by atoms with E-state index in [1.165, 1.54) is 30.3 Å². The van der Waals surface area contributed by atoms with Crippen LogP contribution in [0.1, 0.15) is 22.8 Å². The highest BCUT2D eigenvalue weighted by molar-refractivity contribution is 6.07. The molecule has 130 valence electrons. The molecule has 0 bridgehead atoms. The minimum absolute atomic E-state index is 0.0529. The standard InChI is InChI=1S/C20H16N2O4/c1-2-26-20-16(13-15-5-3-4-6-18(15)21-20)9-12-19(23)14-7-10-17(11-8-14)22(24)25/h3-13H,2H2,1H3/b12-9+. The van der Waals surface area contributed by atoms with Crippen molar-refractivity contribution < 1.29 is 14.5 Å². The molecule has 6 nitrogen and oxygen atoms in total. The fourth-order valence-electron chi connectivity index (χ4n) is 2.50. The Labute approximate surface area is 149 Å². The molecule has 0 saturated carbocycles. The number of non-ortho nitro benzene ring substituents is 1. The van der Waals surface area contributed by atoms with Crippen molar-refractivity contribution in [2.24, 2.45) is 0 Å². The summed E-state index contributed by atoms with van der Waals surface area (Å²) in [5.74, 6) is 0.203. The van der Waals surface area contributed by atoms with Gasteiger partial charge in [0.1, 0.15) is 0 Å². The predicted octanol–water partition coefficient (Wildman–Crippen LogP) is 4.44. The summed E-state index contributed by atoms with van der Waals surface area (Å²) in [6, 6.07) is 15.1. The number of allylic oxidation sites excluding steroid dienone is 1. The van der Waals surface area contributed by atoms with Gasteiger partial charge < -0.3 is 4.74 Å². The van der Waals surface area contributed by atoms with Crippen LogP contribution in [0, 0.1) is 10.1 Å². The van der Waals surface area contributed by atoms with Gasteiger partial charge in [-0.1, -0.05) is 18.2 Å². The lowest BCUT2D eigenvalue weighted by molar-refractivity contribution is -0.384. The second kappa shape index (κ2) is 7.57. The quantitative estimate of drug-likeness (QED) is 0.285. The molecule has 2 aromatic carbocycles. The number of aromatic nitrogens is 1. The number of carbonyl (C=O) groups is 1. The summed E-state index contributed by atoms with van der Waals surface area (Å²) >= 11 is 0. The fraction of sp³-hybridized carbons (Fsp3) is 0.100. The minimum atomic E-state index is -0.501. The normalized spacial score (nSPS) is 11.0. The number of benzene rings is 2. The van der Waals surface area contributed by atoms with Crippen LogP contribution >= 0.6 is 0 Å². The summed E-state index contributed by atoms with van der Waals surface area (Å²) in [6.45, 7) is 2.33. The molecule has 3 rings (SSSR count). The van der Waals surface area contributed by atoms with E-state index < -0.39 is 4.92 Å². The molecule has 0 amide bonds. The van der Waals surface area contributed by atoms with Gasteiger partial charge in [-0.2, -0.15) is 0 Å². The molecule has 0 spiro atoms. The molecule has 1 aromatic heterocycles. The van der Waals surface area contributed by atoms with E-state index in [1.807, 2.05) is 37.3 Å². The molecular weight excluding hydrogens is 332 g/mol. The molecular formula is C20H16N2O4. The first kappa shape index (κ1) is 17.3. The minimum Gasteiger partial charge on any atom is -0.478 e. The molecule has 0 N–H and O–H groups in total. The van der Waals surface area contributed by atoms with E-state index in [9.17, 15) is 14.9 Å². The third-order valence-corrected chi connectivity index (χ3v) is 3.77. The van der Waals surface area contributed by atoms with Crippen molar-refractivity contribution in [2.75, 3.05) is 6.61 Å². The van der Waals surface area contributed by atoms with Gasteiger partial charge in [-0.3, -0.25) is 14.9 Å². The Kier molecular flexibility index (Phi) is 5.03. The van der Waals surface area contributed by atoms with Crippen LogP contribution in [-0.4, -0.2) is 22.3 Å². The highest BCUT2D eigenvalue weighted by Crippen LogP contribution is 2.24. The monoisotopic (exact) mass is 348 g/mol. The molecule has 0 aliphatic heterocycles. The van der Waals surface area contributed by atoms with Gasteiger partial charge in [0, 0.05) is 28.6 Å². The van der Waals surface area contributed by atoms with Crippen LogP contribution in [0.15, 0.2) is 60.7 Å². The molecule has 6 heteroatoms. The summed E-state index contributed by atoms with van der Waals surface area (Å²) in [5.41, 5.74) is 1.83. The topological polar surface area (TPSA) is 82.3 Å². The lowest BCUT2D eigenvalue weighted by Gasteiger charge is -2.08. The van der Waals surface area contributed by atoms with Crippen molar-refractivity contribution in [3.05, 3.63) is 81.9 Å². The Morgan fingerprint density at radius 1 is 1.19 bits per heavy atom. The Hall–Kier alpha value is -3.54. The SMILES string of the molecule is CCOc1nc2ccccc2cc1/C=C/C(=O)c1ccc([N+](=O)[O-])cc1. The van der Waals surface area contributed by atoms with Gasteiger partial charge in [-0.25, -0.2) is 4.98 Å². The Morgan fingerprint density at radius 2 is 1.92 bits per heavy atom.